The second-order valence-corrected chi connectivity index (χ2v) is 10.3. The van der Waals surface area contributed by atoms with Gasteiger partial charge in [0.2, 0.25) is 15.8 Å². The fourth-order valence-electron chi connectivity index (χ4n) is 4.03. The third kappa shape index (κ3) is 5.04. The summed E-state index contributed by atoms with van der Waals surface area (Å²) in [5.41, 5.74) is 2.34. The van der Waals surface area contributed by atoms with E-state index in [2.05, 4.69) is 0 Å². The maximum Gasteiger partial charge on any atom is 0.309 e. The van der Waals surface area contributed by atoms with Gasteiger partial charge in [0, 0.05) is 24.7 Å². The maximum atomic E-state index is 13.0. The van der Waals surface area contributed by atoms with Crippen molar-refractivity contribution in [2.75, 3.05) is 32.9 Å². The van der Waals surface area contributed by atoms with Gasteiger partial charge in [-0.05, 0) is 50.5 Å². The van der Waals surface area contributed by atoms with Gasteiger partial charge >= 0.3 is 5.97 Å². The molecule has 0 unspecified atom stereocenters. The van der Waals surface area contributed by atoms with E-state index >= 15 is 0 Å². The normalized spacial score (nSPS) is 16.9. The van der Waals surface area contributed by atoms with Crippen molar-refractivity contribution in [1.29, 1.82) is 0 Å². The topological polar surface area (TPSA) is 99.2 Å². The summed E-state index contributed by atoms with van der Waals surface area (Å²) in [5, 5.41) is 0. The average molecular weight is 474 g/mol. The van der Waals surface area contributed by atoms with E-state index in [0.29, 0.717) is 43.1 Å². The maximum absolute atomic E-state index is 13.0. The fraction of sp³-hybridized carbons (Fsp3) is 0.417. The third-order valence-electron chi connectivity index (χ3n) is 5.98. The Morgan fingerprint density at radius 2 is 1.70 bits per heavy atom. The second kappa shape index (κ2) is 9.52. The monoisotopic (exact) mass is 473 g/mol. The number of nitrogens with zero attached hydrogens (tertiary/aromatic N) is 1. The summed E-state index contributed by atoms with van der Waals surface area (Å²) in [4.78, 5) is 25.1. The number of sulfonamides is 1. The number of hydrogen-bond donors (Lipinski definition) is 0. The molecule has 8 nitrogen and oxygen atoms in total. The number of piperidine rings is 1. The first-order valence-electron chi connectivity index (χ1n) is 10.9. The van der Waals surface area contributed by atoms with Crippen LogP contribution in [0.25, 0.3) is 0 Å². The Balaban J connectivity index is 1.33. The molecule has 0 aliphatic carbocycles. The molecular weight excluding hydrogens is 446 g/mol. The van der Waals surface area contributed by atoms with Gasteiger partial charge in [0.15, 0.2) is 18.1 Å². The van der Waals surface area contributed by atoms with Crippen molar-refractivity contribution in [3.05, 3.63) is 53.1 Å². The Kier molecular flexibility index (Phi) is 6.71. The fourth-order valence-corrected chi connectivity index (χ4v) is 5.52. The molecule has 33 heavy (non-hydrogen) atoms. The van der Waals surface area contributed by atoms with E-state index in [-0.39, 0.29) is 30.4 Å². The van der Waals surface area contributed by atoms with Gasteiger partial charge in [-0.1, -0.05) is 17.7 Å². The second-order valence-electron chi connectivity index (χ2n) is 8.33. The summed E-state index contributed by atoms with van der Waals surface area (Å²) in [6.07, 6.45) is 0.667. The zero-order chi connectivity index (χ0) is 23.6. The molecule has 0 saturated carbocycles. The van der Waals surface area contributed by atoms with E-state index in [0.717, 1.165) is 11.1 Å². The van der Waals surface area contributed by atoms with Crippen molar-refractivity contribution in [2.45, 2.75) is 31.6 Å². The molecule has 2 aliphatic heterocycles. The predicted molar refractivity (Wildman–Crippen MR) is 120 cm³/mol. The van der Waals surface area contributed by atoms with Crippen LogP contribution in [0.3, 0.4) is 0 Å². The highest BCUT2D eigenvalue weighted by Gasteiger charge is 2.33. The van der Waals surface area contributed by atoms with Crippen molar-refractivity contribution < 1.29 is 32.2 Å². The third-order valence-corrected chi connectivity index (χ3v) is 7.87. The van der Waals surface area contributed by atoms with Gasteiger partial charge in [-0.15, -0.1) is 0 Å². The van der Waals surface area contributed by atoms with Gasteiger partial charge in [-0.2, -0.15) is 4.31 Å². The molecule has 0 atom stereocenters. The minimum atomic E-state index is -3.72. The molecule has 2 heterocycles. The van der Waals surface area contributed by atoms with E-state index < -0.39 is 21.9 Å². The first-order chi connectivity index (χ1) is 15.8. The Bertz CT molecular complexity index is 1170. The molecule has 0 aromatic heterocycles. The number of carbonyl (C=O) groups is 2. The summed E-state index contributed by atoms with van der Waals surface area (Å²) >= 11 is 0. The number of fused-ring (bicyclic) bond motifs is 1. The van der Waals surface area contributed by atoms with Crippen molar-refractivity contribution >= 4 is 21.8 Å². The molecule has 0 bridgehead atoms. The molecule has 0 amide bonds. The molecule has 2 aromatic rings. The largest absolute Gasteiger partial charge is 0.486 e. The molecule has 0 N–H and O–H groups in total. The number of benzene rings is 2. The summed E-state index contributed by atoms with van der Waals surface area (Å²) in [6.45, 7) is 4.61. The Labute approximate surface area is 193 Å². The molecule has 4 rings (SSSR count). The SMILES string of the molecule is Cc1ccc(C)c(C(=O)COC(=O)C2CCN(S(=O)(=O)c3ccc4c(c3)OCCO4)CC2)c1. The number of esters is 1. The van der Waals surface area contributed by atoms with Crippen LogP contribution in [0.2, 0.25) is 0 Å². The van der Waals surface area contributed by atoms with E-state index in [1.54, 1.807) is 12.1 Å². The van der Waals surface area contributed by atoms with Crippen LogP contribution in [0.5, 0.6) is 11.5 Å². The van der Waals surface area contributed by atoms with Gasteiger partial charge in [0.05, 0.1) is 10.8 Å². The zero-order valence-electron chi connectivity index (χ0n) is 18.7. The van der Waals surface area contributed by atoms with Crippen molar-refractivity contribution in [2.24, 2.45) is 5.92 Å². The van der Waals surface area contributed by atoms with Crippen LogP contribution in [0, 0.1) is 19.8 Å². The number of ether oxygens (including phenoxy) is 3. The lowest BCUT2D eigenvalue weighted by atomic mass is 9.98. The predicted octanol–water partition coefficient (Wildman–Crippen LogP) is 2.90. The number of Topliss-reactive ketones (excluding diaryl/α,β-unsaturated/α-hetero) is 1. The van der Waals surface area contributed by atoms with E-state index in [1.807, 2.05) is 26.0 Å². The lowest BCUT2D eigenvalue weighted by Gasteiger charge is -2.30. The van der Waals surface area contributed by atoms with Crippen LogP contribution in [-0.2, 0) is 19.6 Å². The van der Waals surface area contributed by atoms with Gasteiger partial charge in [0.1, 0.15) is 13.2 Å². The quantitative estimate of drug-likeness (QED) is 0.470. The average Bonchev–Trinajstić information content (AvgIpc) is 2.83. The molecule has 2 aromatic carbocycles. The molecule has 2 aliphatic rings. The molecule has 9 heteroatoms. The van der Waals surface area contributed by atoms with Crippen LogP contribution in [0.15, 0.2) is 41.3 Å². The number of hydrogen-bond acceptors (Lipinski definition) is 7. The lowest BCUT2D eigenvalue weighted by Crippen LogP contribution is -2.40. The van der Waals surface area contributed by atoms with E-state index in [4.69, 9.17) is 14.2 Å². The van der Waals surface area contributed by atoms with Gasteiger partial charge in [-0.25, -0.2) is 8.42 Å². The highest BCUT2D eigenvalue weighted by Crippen LogP contribution is 2.34. The number of carbonyl (C=O) groups excluding carboxylic acids is 2. The number of aryl methyl sites for hydroxylation is 2. The Morgan fingerprint density at radius 3 is 2.42 bits per heavy atom. The van der Waals surface area contributed by atoms with E-state index in [9.17, 15) is 18.0 Å². The van der Waals surface area contributed by atoms with Crippen LogP contribution in [0.1, 0.15) is 34.3 Å². The van der Waals surface area contributed by atoms with Crippen molar-refractivity contribution in [3.8, 4) is 11.5 Å². The smallest absolute Gasteiger partial charge is 0.309 e. The molecule has 0 spiro atoms. The summed E-state index contributed by atoms with van der Waals surface area (Å²) in [5.74, 6) is -0.220. The minimum absolute atomic E-state index is 0.131. The summed E-state index contributed by atoms with van der Waals surface area (Å²) < 4.78 is 43.7. The molecular formula is C24H27NO7S. The van der Waals surface area contributed by atoms with Gasteiger partial charge < -0.3 is 14.2 Å². The number of ketones is 1. The van der Waals surface area contributed by atoms with Crippen LogP contribution >= 0.6 is 0 Å². The van der Waals surface area contributed by atoms with Crippen LogP contribution in [-0.4, -0.2) is 57.4 Å². The van der Waals surface area contributed by atoms with Crippen molar-refractivity contribution in [1.82, 2.24) is 4.31 Å². The summed E-state index contributed by atoms with van der Waals surface area (Å²) in [7, 11) is -3.72. The van der Waals surface area contributed by atoms with Gasteiger partial charge in [-0.3, -0.25) is 9.59 Å². The minimum Gasteiger partial charge on any atom is -0.486 e. The standard InChI is InChI=1S/C24H27NO7S/c1-16-3-4-17(2)20(13-16)21(26)15-32-24(27)18-7-9-25(10-8-18)33(28,29)19-5-6-22-23(14-19)31-12-11-30-22/h3-6,13-14,18H,7-12,15H2,1-2H3. The molecule has 1 saturated heterocycles. The Morgan fingerprint density at radius 1 is 1.00 bits per heavy atom. The summed E-state index contributed by atoms with van der Waals surface area (Å²) in [6, 6.07) is 10.1. The van der Waals surface area contributed by atoms with Crippen LogP contribution in [0.4, 0.5) is 0 Å². The van der Waals surface area contributed by atoms with Crippen LogP contribution < -0.4 is 9.47 Å². The first kappa shape index (κ1) is 23.3. The van der Waals surface area contributed by atoms with E-state index in [1.165, 1.54) is 16.4 Å². The molecule has 1 fully saturated rings. The Hall–Kier alpha value is -2.91. The zero-order valence-corrected chi connectivity index (χ0v) is 19.5. The number of rotatable bonds is 6. The van der Waals surface area contributed by atoms with Gasteiger partial charge in [0.25, 0.3) is 0 Å². The highest BCUT2D eigenvalue weighted by molar-refractivity contribution is 7.89. The van der Waals surface area contributed by atoms with Crippen molar-refractivity contribution in [3.63, 3.8) is 0 Å². The molecule has 0 radical (unpaired) electrons. The highest BCUT2D eigenvalue weighted by atomic mass is 32.2. The molecule has 176 valence electrons. The first-order valence-corrected chi connectivity index (χ1v) is 12.4. The lowest BCUT2D eigenvalue weighted by molar-refractivity contribution is -0.148.